The fraction of sp³-hybridized carbons (Fsp3) is 0.364. The van der Waals surface area contributed by atoms with E-state index in [1.54, 1.807) is 13.1 Å². The first kappa shape index (κ1) is 14.2. The maximum absolute atomic E-state index is 12.6. The SMILES string of the molecule is Cc1cc(C(F)(F)F)nn1CCNc1nccn2nnnc12. The van der Waals surface area contributed by atoms with Gasteiger partial charge in [0.25, 0.3) is 0 Å². The van der Waals surface area contributed by atoms with Crippen molar-refractivity contribution >= 4 is 11.5 Å². The molecule has 0 radical (unpaired) electrons. The Hall–Kier alpha value is -2.72. The lowest BCUT2D eigenvalue weighted by Crippen LogP contribution is -2.15. The molecule has 3 aromatic heterocycles. The van der Waals surface area contributed by atoms with Gasteiger partial charge in [0.05, 0.1) is 12.7 Å². The largest absolute Gasteiger partial charge is 0.435 e. The maximum atomic E-state index is 12.6. The summed E-state index contributed by atoms with van der Waals surface area (Å²) in [6.45, 7) is 2.16. The molecule has 0 aliphatic carbocycles. The van der Waals surface area contributed by atoms with Gasteiger partial charge in [-0.1, -0.05) is 0 Å². The lowest BCUT2D eigenvalue weighted by molar-refractivity contribution is -0.141. The summed E-state index contributed by atoms with van der Waals surface area (Å²) >= 11 is 0. The quantitative estimate of drug-likeness (QED) is 0.778. The summed E-state index contributed by atoms with van der Waals surface area (Å²) in [6, 6.07) is 1.02. The highest BCUT2D eigenvalue weighted by Crippen LogP contribution is 2.28. The van der Waals surface area contributed by atoms with Crippen LogP contribution < -0.4 is 5.32 Å². The Balaban J connectivity index is 1.69. The van der Waals surface area contributed by atoms with Crippen molar-refractivity contribution < 1.29 is 13.2 Å². The zero-order chi connectivity index (χ0) is 15.7. The number of hydrogen-bond donors (Lipinski definition) is 1. The van der Waals surface area contributed by atoms with Gasteiger partial charge in [-0.2, -0.15) is 22.8 Å². The fourth-order valence-corrected chi connectivity index (χ4v) is 1.96. The van der Waals surface area contributed by atoms with Crippen LogP contribution in [0.2, 0.25) is 0 Å². The molecule has 22 heavy (non-hydrogen) atoms. The van der Waals surface area contributed by atoms with Crippen LogP contribution >= 0.6 is 0 Å². The highest BCUT2D eigenvalue weighted by atomic mass is 19.4. The van der Waals surface area contributed by atoms with Gasteiger partial charge in [0.15, 0.2) is 11.5 Å². The molecule has 0 unspecified atom stereocenters. The van der Waals surface area contributed by atoms with Gasteiger partial charge in [0, 0.05) is 18.4 Å². The van der Waals surface area contributed by atoms with Crippen LogP contribution in [0.3, 0.4) is 0 Å². The lowest BCUT2D eigenvalue weighted by atomic mass is 10.3. The summed E-state index contributed by atoms with van der Waals surface area (Å²) < 4.78 is 40.5. The number of nitrogens with one attached hydrogen (secondary N) is 1. The third-order valence-electron chi connectivity index (χ3n) is 3.00. The molecule has 0 bridgehead atoms. The van der Waals surface area contributed by atoms with Crippen LogP contribution in [0.4, 0.5) is 19.0 Å². The number of hydrogen-bond acceptors (Lipinski definition) is 6. The van der Waals surface area contributed by atoms with E-state index >= 15 is 0 Å². The Morgan fingerprint density at radius 2 is 2.14 bits per heavy atom. The maximum Gasteiger partial charge on any atom is 0.435 e. The molecule has 116 valence electrons. The first-order chi connectivity index (χ1) is 10.4. The van der Waals surface area contributed by atoms with Gasteiger partial charge < -0.3 is 5.32 Å². The standard InChI is InChI=1S/C11H11F3N8/c1-7-6-8(11(12,13)14)18-21(7)4-2-15-9-10-17-19-20-22(10)5-3-16-9/h3,5-6H,2,4H2,1H3,(H,15,16). The number of rotatable bonds is 4. The van der Waals surface area contributed by atoms with Gasteiger partial charge in [-0.25, -0.2) is 4.98 Å². The van der Waals surface area contributed by atoms with Gasteiger partial charge in [-0.15, -0.1) is 5.10 Å². The minimum Gasteiger partial charge on any atom is -0.365 e. The molecule has 0 amide bonds. The average Bonchev–Trinajstić information content (AvgIpc) is 3.06. The molecule has 1 N–H and O–H groups in total. The Labute approximate surface area is 122 Å². The predicted octanol–water partition coefficient (Wildman–Crippen LogP) is 1.16. The Morgan fingerprint density at radius 3 is 2.86 bits per heavy atom. The molecule has 0 spiro atoms. The molecule has 11 heteroatoms. The number of halogens is 3. The predicted molar refractivity (Wildman–Crippen MR) is 69.0 cm³/mol. The highest BCUT2D eigenvalue weighted by Gasteiger charge is 2.34. The second-order valence-electron chi connectivity index (χ2n) is 4.54. The monoisotopic (exact) mass is 312 g/mol. The van der Waals surface area contributed by atoms with Crippen LogP contribution in [0.5, 0.6) is 0 Å². The molecule has 0 atom stereocenters. The molecule has 0 saturated heterocycles. The molecule has 0 aliphatic rings. The minimum absolute atomic E-state index is 0.256. The summed E-state index contributed by atoms with van der Waals surface area (Å²) in [5.74, 6) is 0.452. The second-order valence-corrected chi connectivity index (χ2v) is 4.54. The zero-order valence-electron chi connectivity index (χ0n) is 11.4. The van der Waals surface area contributed by atoms with Gasteiger partial charge in [-0.05, 0) is 23.4 Å². The second kappa shape index (κ2) is 5.24. The molecule has 8 nitrogen and oxygen atoms in total. The Kier molecular flexibility index (Phi) is 3.39. The van der Waals surface area contributed by atoms with Crippen molar-refractivity contribution in [1.29, 1.82) is 0 Å². The van der Waals surface area contributed by atoms with Gasteiger partial charge >= 0.3 is 6.18 Å². The van der Waals surface area contributed by atoms with E-state index in [0.717, 1.165) is 6.07 Å². The molecule has 0 aromatic carbocycles. The van der Waals surface area contributed by atoms with E-state index < -0.39 is 11.9 Å². The summed E-state index contributed by atoms with van der Waals surface area (Å²) in [5, 5.41) is 17.6. The van der Waals surface area contributed by atoms with Crippen molar-refractivity contribution in [2.24, 2.45) is 0 Å². The van der Waals surface area contributed by atoms with Crippen molar-refractivity contribution in [1.82, 2.24) is 34.8 Å². The van der Waals surface area contributed by atoms with Crippen LogP contribution in [-0.2, 0) is 12.7 Å². The van der Waals surface area contributed by atoms with E-state index in [0.29, 0.717) is 23.7 Å². The van der Waals surface area contributed by atoms with E-state index in [4.69, 9.17) is 0 Å². The minimum atomic E-state index is -4.44. The van der Waals surface area contributed by atoms with E-state index in [1.807, 2.05) is 0 Å². The van der Waals surface area contributed by atoms with Gasteiger partial charge in [0.2, 0.25) is 5.65 Å². The summed E-state index contributed by atoms with van der Waals surface area (Å²) in [4.78, 5) is 4.09. The first-order valence-corrected chi connectivity index (χ1v) is 6.33. The van der Waals surface area contributed by atoms with Crippen LogP contribution in [0.1, 0.15) is 11.4 Å². The molecule has 0 aliphatic heterocycles. The normalized spacial score (nSPS) is 12.0. The molecule has 3 rings (SSSR count). The number of aryl methyl sites for hydroxylation is 1. The fourth-order valence-electron chi connectivity index (χ4n) is 1.96. The van der Waals surface area contributed by atoms with Crippen LogP contribution in [-0.4, -0.2) is 41.4 Å². The summed E-state index contributed by atoms with van der Waals surface area (Å²) in [6.07, 6.45) is -1.33. The van der Waals surface area contributed by atoms with E-state index in [1.165, 1.54) is 15.4 Å². The van der Waals surface area contributed by atoms with E-state index in [2.05, 4.69) is 30.9 Å². The highest BCUT2D eigenvalue weighted by molar-refractivity contribution is 5.60. The third kappa shape index (κ3) is 2.69. The van der Waals surface area contributed by atoms with E-state index in [9.17, 15) is 13.2 Å². The number of alkyl halides is 3. The topological polar surface area (TPSA) is 85.8 Å². The van der Waals surface area contributed by atoms with Gasteiger partial charge in [-0.3, -0.25) is 4.68 Å². The summed E-state index contributed by atoms with van der Waals surface area (Å²) in [5.41, 5.74) is -0.0213. The number of anilines is 1. The van der Waals surface area contributed by atoms with Crippen LogP contribution in [0.15, 0.2) is 18.5 Å². The zero-order valence-corrected chi connectivity index (χ0v) is 11.4. The first-order valence-electron chi connectivity index (χ1n) is 6.33. The van der Waals surface area contributed by atoms with E-state index in [-0.39, 0.29) is 6.54 Å². The molecular formula is C11H11F3N8. The van der Waals surface area contributed by atoms with Crippen molar-refractivity contribution in [2.75, 3.05) is 11.9 Å². The Bertz CT molecular complexity index is 790. The van der Waals surface area contributed by atoms with Gasteiger partial charge in [0.1, 0.15) is 0 Å². The smallest absolute Gasteiger partial charge is 0.365 e. The molecule has 0 fully saturated rings. The van der Waals surface area contributed by atoms with Crippen LogP contribution in [0.25, 0.3) is 5.65 Å². The molecule has 0 saturated carbocycles. The molecular weight excluding hydrogens is 301 g/mol. The lowest BCUT2D eigenvalue weighted by Gasteiger charge is -2.07. The number of aromatic nitrogens is 7. The van der Waals surface area contributed by atoms with Crippen molar-refractivity contribution in [3.63, 3.8) is 0 Å². The van der Waals surface area contributed by atoms with Crippen molar-refractivity contribution in [3.05, 3.63) is 29.8 Å². The molecule has 3 heterocycles. The summed E-state index contributed by atoms with van der Waals surface area (Å²) in [7, 11) is 0. The van der Waals surface area contributed by atoms with Crippen molar-refractivity contribution in [3.8, 4) is 0 Å². The average molecular weight is 312 g/mol. The van der Waals surface area contributed by atoms with Crippen LogP contribution in [0, 0.1) is 6.92 Å². The number of fused-ring (bicyclic) bond motifs is 1. The molecule has 3 aromatic rings. The number of tetrazole rings is 1. The Morgan fingerprint density at radius 1 is 1.32 bits per heavy atom. The number of nitrogens with zero attached hydrogens (tertiary/aromatic N) is 7. The van der Waals surface area contributed by atoms with Crippen molar-refractivity contribution in [2.45, 2.75) is 19.6 Å². The third-order valence-corrected chi connectivity index (χ3v) is 3.00.